The SMILES string of the molecule is COc1cc2ccccc2cc1C=NCCCCO. The van der Waals surface area contributed by atoms with Gasteiger partial charge >= 0.3 is 0 Å². The van der Waals surface area contributed by atoms with Gasteiger partial charge in [0.2, 0.25) is 0 Å². The van der Waals surface area contributed by atoms with E-state index in [-0.39, 0.29) is 6.61 Å². The van der Waals surface area contributed by atoms with E-state index in [1.807, 2.05) is 24.4 Å². The summed E-state index contributed by atoms with van der Waals surface area (Å²) in [6, 6.07) is 12.3. The number of benzene rings is 2. The van der Waals surface area contributed by atoms with Gasteiger partial charge in [0.05, 0.1) is 7.11 Å². The highest BCUT2D eigenvalue weighted by Gasteiger charge is 2.02. The Kier molecular flexibility index (Phi) is 4.93. The van der Waals surface area contributed by atoms with Crippen molar-refractivity contribution >= 4 is 17.0 Å². The molecule has 2 aromatic carbocycles. The molecule has 19 heavy (non-hydrogen) atoms. The van der Waals surface area contributed by atoms with E-state index in [1.54, 1.807) is 7.11 Å². The Bertz CT molecular complexity index is 564. The minimum atomic E-state index is 0.231. The van der Waals surface area contributed by atoms with Crippen molar-refractivity contribution in [2.45, 2.75) is 12.8 Å². The molecule has 0 aliphatic rings. The number of rotatable bonds is 6. The topological polar surface area (TPSA) is 41.8 Å². The highest BCUT2D eigenvalue weighted by atomic mass is 16.5. The number of fused-ring (bicyclic) bond motifs is 1. The van der Waals surface area contributed by atoms with Crippen molar-refractivity contribution in [3.8, 4) is 5.75 Å². The van der Waals surface area contributed by atoms with Crippen molar-refractivity contribution in [3.63, 3.8) is 0 Å². The molecule has 0 bridgehead atoms. The predicted molar refractivity (Wildman–Crippen MR) is 79.3 cm³/mol. The quantitative estimate of drug-likeness (QED) is 0.638. The van der Waals surface area contributed by atoms with E-state index in [0.29, 0.717) is 0 Å². The monoisotopic (exact) mass is 257 g/mol. The van der Waals surface area contributed by atoms with E-state index in [0.717, 1.165) is 36.1 Å². The summed E-state index contributed by atoms with van der Waals surface area (Å²) in [6.45, 7) is 0.964. The molecule has 0 amide bonds. The van der Waals surface area contributed by atoms with Gasteiger partial charge in [-0.2, -0.15) is 0 Å². The molecule has 0 saturated carbocycles. The van der Waals surface area contributed by atoms with Gasteiger partial charge in [-0.15, -0.1) is 0 Å². The fourth-order valence-electron chi connectivity index (χ4n) is 1.99. The van der Waals surface area contributed by atoms with E-state index < -0.39 is 0 Å². The standard InChI is InChI=1S/C16H19NO2/c1-19-16-11-14-7-3-2-6-13(14)10-15(16)12-17-8-4-5-9-18/h2-3,6-7,10-12,18H,4-5,8-9H2,1H3. The molecule has 0 fully saturated rings. The number of ether oxygens (including phenoxy) is 1. The molecule has 0 unspecified atom stereocenters. The number of unbranched alkanes of at least 4 members (excludes halogenated alkanes) is 1. The van der Waals surface area contributed by atoms with Crippen LogP contribution in [0.5, 0.6) is 5.75 Å². The molecular formula is C16H19NO2. The van der Waals surface area contributed by atoms with Crippen LogP contribution in [0.25, 0.3) is 10.8 Å². The van der Waals surface area contributed by atoms with Crippen LogP contribution in [-0.4, -0.2) is 31.6 Å². The first-order valence-electron chi connectivity index (χ1n) is 6.52. The maximum Gasteiger partial charge on any atom is 0.128 e. The Labute approximate surface area is 113 Å². The van der Waals surface area contributed by atoms with Gasteiger partial charge in [0, 0.05) is 24.9 Å². The first kappa shape index (κ1) is 13.6. The smallest absolute Gasteiger partial charge is 0.128 e. The van der Waals surface area contributed by atoms with E-state index in [2.05, 4.69) is 23.2 Å². The van der Waals surface area contributed by atoms with Crippen molar-refractivity contribution < 1.29 is 9.84 Å². The summed E-state index contributed by atoms with van der Waals surface area (Å²) in [5.74, 6) is 0.838. The van der Waals surface area contributed by atoms with Crippen molar-refractivity contribution in [2.24, 2.45) is 4.99 Å². The Morgan fingerprint density at radius 3 is 2.58 bits per heavy atom. The van der Waals surface area contributed by atoms with Gasteiger partial charge in [-0.25, -0.2) is 0 Å². The Morgan fingerprint density at radius 2 is 1.89 bits per heavy atom. The summed E-state index contributed by atoms with van der Waals surface area (Å²) in [7, 11) is 1.67. The van der Waals surface area contributed by atoms with Crippen LogP contribution in [0.15, 0.2) is 41.4 Å². The minimum Gasteiger partial charge on any atom is -0.496 e. The zero-order chi connectivity index (χ0) is 13.5. The molecule has 0 aliphatic carbocycles. The maximum absolute atomic E-state index is 8.71. The second kappa shape index (κ2) is 6.90. The molecule has 0 aromatic heterocycles. The molecular weight excluding hydrogens is 238 g/mol. The number of nitrogens with zero attached hydrogens (tertiary/aromatic N) is 1. The van der Waals surface area contributed by atoms with Crippen LogP contribution in [0.1, 0.15) is 18.4 Å². The number of aliphatic hydroxyl groups is 1. The second-order valence-electron chi connectivity index (χ2n) is 4.41. The van der Waals surface area contributed by atoms with Crippen LogP contribution >= 0.6 is 0 Å². The lowest BCUT2D eigenvalue weighted by Gasteiger charge is -2.07. The molecule has 1 N–H and O–H groups in total. The second-order valence-corrected chi connectivity index (χ2v) is 4.41. The van der Waals surface area contributed by atoms with Crippen molar-refractivity contribution in [1.82, 2.24) is 0 Å². The van der Waals surface area contributed by atoms with Crippen LogP contribution in [0.2, 0.25) is 0 Å². The number of aliphatic imine (C=N–C) groups is 1. The fraction of sp³-hybridized carbons (Fsp3) is 0.312. The average Bonchev–Trinajstić information content (AvgIpc) is 2.46. The Morgan fingerprint density at radius 1 is 1.16 bits per heavy atom. The van der Waals surface area contributed by atoms with Gasteiger partial charge in [-0.05, 0) is 35.7 Å². The third-order valence-corrected chi connectivity index (χ3v) is 3.02. The summed E-state index contributed by atoms with van der Waals surface area (Å²) < 4.78 is 5.40. The first-order chi connectivity index (χ1) is 9.35. The molecule has 100 valence electrons. The van der Waals surface area contributed by atoms with E-state index in [4.69, 9.17) is 9.84 Å². The first-order valence-corrected chi connectivity index (χ1v) is 6.52. The Hall–Kier alpha value is -1.87. The van der Waals surface area contributed by atoms with Gasteiger partial charge in [-0.1, -0.05) is 24.3 Å². The lowest BCUT2D eigenvalue weighted by molar-refractivity contribution is 0.285. The third-order valence-electron chi connectivity index (χ3n) is 3.02. The normalized spacial score (nSPS) is 11.3. The molecule has 0 aliphatic heterocycles. The number of hydrogen-bond donors (Lipinski definition) is 1. The highest BCUT2D eigenvalue weighted by molar-refractivity contribution is 5.93. The van der Waals surface area contributed by atoms with Crippen LogP contribution in [-0.2, 0) is 0 Å². The number of hydrogen-bond acceptors (Lipinski definition) is 3. The lowest BCUT2D eigenvalue weighted by Crippen LogP contribution is -1.93. The molecule has 2 aromatic rings. The molecule has 3 heteroatoms. The molecule has 0 spiro atoms. The fourth-order valence-corrected chi connectivity index (χ4v) is 1.99. The Balaban J connectivity index is 2.20. The number of methoxy groups -OCH3 is 1. The van der Waals surface area contributed by atoms with E-state index >= 15 is 0 Å². The van der Waals surface area contributed by atoms with E-state index in [1.165, 1.54) is 5.39 Å². The summed E-state index contributed by atoms with van der Waals surface area (Å²) >= 11 is 0. The molecule has 0 radical (unpaired) electrons. The largest absolute Gasteiger partial charge is 0.496 e. The molecule has 0 saturated heterocycles. The minimum absolute atomic E-state index is 0.231. The van der Waals surface area contributed by atoms with Crippen molar-refractivity contribution in [1.29, 1.82) is 0 Å². The highest BCUT2D eigenvalue weighted by Crippen LogP contribution is 2.24. The maximum atomic E-state index is 8.71. The molecule has 3 nitrogen and oxygen atoms in total. The molecule has 0 heterocycles. The van der Waals surface area contributed by atoms with Crippen LogP contribution < -0.4 is 4.74 Å². The van der Waals surface area contributed by atoms with Crippen molar-refractivity contribution in [3.05, 3.63) is 42.0 Å². The zero-order valence-corrected chi connectivity index (χ0v) is 11.2. The predicted octanol–water partition coefficient (Wildman–Crippen LogP) is 3.04. The van der Waals surface area contributed by atoms with Crippen LogP contribution in [0.3, 0.4) is 0 Å². The van der Waals surface area contributed by atoms with Gasteiger partial charge in [0.25, 0.3) is 0 Å². The number of aliphatic hydroxyl groups excluding tert-OH is 1. The zero-order valence-electron chi connectivity index (χ0n) is 11.2. The average molecular weight is 257 g/mol. The van der Waals surface area contributed by atoms with Crippen LogP contribution in [0, 0.1) is 0 Å². The summed E-state index contributed by atoms with van der Waals surface area (Å²) in [5, 5.41) is 11.1. The van der Waals surface area contributed by atoms with Gasteiger partial charge in [0.15, 0.2) is 0 Å². The molecule has 0 atom stereocenters. The van der Waals surface area contributed by atoms with Gasteiger partial charge in [0.1, 0.15) is 5.75 Å². The third kappa shape index (κ3) is 3.55. The summed E-state index contributed by atoms with van der Waals surface area (Å²) in [5.41, 5.74) is 0.991. The van der Waals surface area contributed by atoms with E-state index in [9.17, 15) is 0 Å². The van der Waals surface area contributed by atoms with Gasteiger partial charge in [-0.3, -0.25) is 4.99 Å². The molecule has 2 rings (SSSR count). The van der Waals surface area contributed by atoms with Gasteiger partial charge < -0.3 is 9.84 Å². The summed E-state index contributed by atoms with van der Waals surface area (Å²) in [6.07, 6.45) is 3.55. The van der Waals surface area contributed by atoms with Crippen LogP contribution in [0.4, 0.5) is 0 Å². The summed E-state index contributed by atoms with van der Waals surface area (Å²) in [4.78, 5) is 4.38. The van der Waals surface area contributed by atoms with Crippen molar-refractivity contribution in [2.75, 3.05) is 20.3 Å². The lowest BCUT2D eigenvalue weighted by atomic mass is 10.1.